The number of hydroxylamine groups is 2. The molecule has 1 fully saturated rings. The second-order valence-electron chi connectivity index (χ2n) is 4.78. The van der Waals surface area contributed by atoms with Crippen LogP contribution in [0, 0.1) is 11.3 Å². The van der Waals surface area contributed by atoms with Crippen LogP contribution in [0.3, 0.4) is 0 Å². The van der Waals surface area contributed by atoms with Gasteiger partial charge in [-0.15, -0.1) is 0 Å². The fraction of sp³-hybridized carbons (Fsp3) is 0.500. The molecule has 0 aromatic heterocycles. The average Bonchev–Trinajstić information content (AvgIpc) is 2.70. The molecule has 0 radical (unpaired) electrons. The molecule has 0 saturated carbocycles. The maximum absolute atomic E-state index is 13.2. The lowest BCUT2D eigenvalue weighted by atomic mass is 10.00. The Morgan fingerprint density at radius 3 is 2.95 bits per heavy atom. The summed E-state index contributed by atoms with van der Waals surface area (Å²) in [5, 5.41) is 19.9. The average molecular weight is 312 g/mol. The van der Waals surface area contributed by atoms with Crippen molar-refractivity contribution in [2.45, 2.75) is 25.4 Å². The number of carbonyl (C=O) groups is 3. The Morgan fingerprint density at radius 2 is 2.36 bits per heavy atom. The quantitative estimate of drug-likeness (QED) is 0.515. The standard InChI is InChI=1S/C12H13FN4O5/c1-6-4-7-5-16(8(6)10(18)15-3-2-14)12(21)17(7)22-9(13)11(19)20/h4,7-9H,3,5H2,1H3,(H,15,18)(H,19,20)/t7-,8+,9-/m1/s1. The Bertz CT molecular complexity index is 587. The summed E-state index contributed by atoms with van der Waals surface area (Å²) in [5.74, 6) is -2.40. The normalized spacial score (nSPS) is 24.6. The fourth-order valence-corrected chi connectivity index (χ4v) is 2.44. The number of urea groups is 1. The van der Waals surface area contributed by atoms with Gasteiger partial charge in [-0.1, -0.05) is 6.08 Å². The van der Waals surface area contributed by atoms with E-state index in [0.29, 0.717) is 10.6 Å². The maximum Gasteiger partial charge on any atom is 0.368 e. The number of carboxylic acid groups (broad SMARTS) is 1. The summed E-state index contributed by atoms with van der Waals surface area (Å²) in [6.07, 6.45) is -1.14. The van der Waals surface area contributed by atoms with Crippen molar-refractivity contribution in [2.75, 3.05) is 13.1 Å². The van der Waals surface area contributed by atoms with E-state index in [1.54, 1.807) is 13.0 Å². The molecule has 0 aromatic carbocycles. The van der Waals surface area contributed by atoms with E-state index in [4.69, 9.17) is 10.4 Å². The van der Waals surface area contributed by atoms with Gasteiger partial charge in [0, 0.05) is 0 Å². The zero-order valence-corrected chi connectivity index (χ0v) is 11.5. The SMILES string of the molecule is CC1=C[C@@H]2CN(C(=O)N2O[C@@H](F)C(=O)O)[C@@H]1C(=O)NCC#N. The lowest BCUT2D eigenvalue weighted by Gasteiger charge is -2.28. The number of hydrogen-bond donors (Lipinski definition) is 2. The van der Waals surface area contributed by atoms with Gasteiger partial charge in [-0.3, -0.25) is 4.79 Å². The predicted molar refractivity (Wildman–Crippen MR) is 67.5 cm³/mol. The number of carbonyl (C=O) groups excluding carboxylic acids is 2. The van der Waals surface area contributed by atoms with Crippen LogP contribution >= 0.6 is 0 Å². The van der Waals surface area contributed by atoms with Gasteiger partial charge in [0.2, 0.25) is 5.91 Å². The number of carboxylic acids is 1. The number of aliphatic carboxylic acids is 1. The molecular formula is C12H13FN4O5. The number of nitrogens with zero attached hydrogens (tertiary/aromatic N) is 3. The number of amides is 3. The van der Waals surface area contributed by atoms with Crippen molar-refractivity contribution >= 4 is 17.9 Å². The molecular weight excluding hydrogens is 299 g/mol. The van der Waals surface area contributed by atoms with Gasteiger partial charge >= 0.3 is 18.4 Å². The number of nitrogens with one attached hydrogen (secondary N) is 1. The zero-order chi connectivity index (χ0) is 16.4. The minimum atomic E-state index is -2.68. The molecule has 10 heteroatoms. The first-order chi connectivity index (χ1) is 10.4. The zero-order valence-electron chi connectivity index (χ0n) is 11.5. The van der Waals surface area contributed by atoms with Crippen LogP contribution in [0.2, 0.25) is 0 Å². The summed E-state index contributed by atoms with van der Waals surface area (Å²) in [4.78, 5) is 40.3. The van der Waals surface area contributed by atoms with E-state index < -0.39 is 36.3 Å². The van der Waals surface area contributed by atoms with Crippen LogP contribution in [0.25, 0.3) is 0 Å². The summed E-state index contributed by atoms with van der Waals surface area (Å²) in [7, 11) is 0. The van der Waals surface area contributed by atoms with Crippen molar-refractivity contribution in [3.63, 3.8) is 0 Å². The van der Waals surface area contributed by atoms with Crippen LogP contribution in [0.4, 0.5) is 9.18 Å². The van der Waals surface area contributed by atoms with Gasteiger partial charge in [0.05, 0.1) is 18.7 Å². The van der Waals surface area contributed by atoms with Crippen molar-refractivity contribution in [3.8, 4) is 6.07 Å². The van der Waals surface area contributed by atoms with Crippen LogP contribution in [0.15, 0.2) is 11.6 Å². The highest BCUT2D eigenvalue weighted by atomic mass is 19.1. The Balaban J connectivity index is 2.17. The molecule has 0 spiro atoms. The smallest absolute Gasteiger partial charge is 0.368 e. The third-order valence-electron chi connectivity index (χ3n) is 3.31. The van der Waals surface area contributed by atoms with Gasteiger partial charge < -0.3 is 15.3 Å². The van der Waals surface area contributed by atoms with Gasteiger partial charge in [-0.25, -0.2) is 18.8 Å². The Hall–Kier alpha value is -2.67. The molecule has 2 N–H and O–H groups in total. The lowest BCUT2D eigenvalue weighted by molar-refractivity contribution is -0.219. The topological polar surface area (TPSA) is 123 Å². The van der Waals surface area contributed by atoms with Crippen molar-refractivity contribution in [1.82, 2.24) is 15.3 Å². The number of fused-ring (bicyclic) bond motifs is 2. The number of rotatable bonds is 5. The first-order valence-electron chi connectivity index (χ1n) is 6.33. The summed E-state index contributed by atoms with van der Waals surface area (Å²) in [6, 6.07) is -0.669. The van der Waals surface area contributed by atoms with Crippen molar-refractivity contribution in [2.24, 2.45) is 0 Å². The first kappa shape index (κ1) is 15.7. The first-order valence-corrected chi connectivity index (χ1v) is 6.33. The van der Waals surface area contributed by atoms with Gasteiger partial charge in [0.25, 0.3) is 0 Å². The van der Waals surface area contributed by atoms with E-state index in [1.807, 2.05) is 0 Å². The number of nitriles is 1. The Labute approximate surface area is 124 Å². The lowest BCUT2D eigenvalue weighted by Crippen LogP contribution is -2.50. The van der Waals surface area contributed by atoms with Gasteiger partial charge in [-0.05, 0) is 12.5 Å². The van der Waals surface area contributed by atoms with Gasteiger partial charge in [0.1, 0.15) is 12.6 Å². The largest absolute Gasteiger partial charge is 0.477 e. The summed E-state index contributed by atoms with van der Waals surface area (Å²) in [5.41, 5.74) is 0.525. The Morgan fingerprint density at radius 1 is 1.68 bits per heavy atom. The molecule has 3 atom stereocenters. The molecule has 2 aliphatic heterocycles. The van der Waals surface area contributed by atoms with E-state index in [0.717, 1.165) is 4.90 Å². The number of alkyl halides is 1. The second-order valence-corrected chi connectivity index (χ2v) is 4.78. The minimum Gasteiger partial charge on any atom is -0.477 e. The highest BCUT2D eigenvalue weighted by Crippen LogP contribution is 2.30. The molecule has 2 rings (SSSR count). The molecule has 22 heavy (non-hydrogen) atoms. The number of halogens is 1. The van der Waals surface area contributed by atoms with E-state index in [-0.39, 0.29) is 13.1 Å². The molecule has 2 bridgehead atoms. The van der Waals surface area contributed by atoms with E-state index >= 15 is 0 Å². The van der Waals surface area contributed by atoms with Crippen LogP contribution < -0.4 is 5.32 Å². The number of hydrogen-bond acceptors (Lipinski definition) is 5. The molecule has 2 aliphatic rings. The minimum absolute atomic E-state index is 0.0627. The monoisotopic (exact) mass is 312 g/mol. The fourth-order valence-electron chi connectivity index (χ4n) is 2.44. The van der Waals surface area contributed by atoms with Crippen molar-refractivity contribution in [1.29, 1.82) is 5.26 Å². The summed E-state index contributed by atoms with van der Waals surface area (Å²) >= 11 is 0. The molecule has 0 aliphatic carbocycles. The van der Waals surface area contributed by atoms with Gasteiger partial charge in [-0.2, -0.15) is 10.3 Å². The summed E-state index contributed by atoms with van der Waals surface area (Å²) < 4.78 is 13.2. The predicted octanol–water partition coefficient (Wildman–Crippen LogP) is -0.627. The maximum atomic E-state index is 13.2. The third kappa shape index (κ3) is 2.71. The van der Waals surface area contributed by atoms with E-state index in [9.17, 15) is 18.8 Å². The third-order valence-corrected chi connectivity index (χ3v) is 3.31. The molecule has 3 amide bonds. The second kappa shape index (κ2) is 5.98. The molecule has 0 aromatic rings. The molecule has 1 saturated heterocycles. The van der Waals surface area contributed by atoms with Crippen molar-refractivity contribution < 1.29 is 28.7 Å². The van der Waals surface area contributed by atoms with E-state index in [1.165, 1.54) is 6.08 Å². The van der Waals surface area contributed by atoms with Crippen LogP contribution in [0.1, 0.15) is 6.92 Å². The van der Waals surface area contributed by atoms with Gasteiger partial charge in [0.15, 0.2) is 0 Å². The van der Waals surface area contributed by atoms with Crippen LogP contribution in [-0.2, 0) is 14.4 Å². The van der Waals surface area contributed by atoms with E-state index in [2.05, 4.69) is 10.2 Å². The summed E-state index contributed by atoms with van der Waals surface area (Å²) in [6.45, 7) is 1.46. The highest BCUT2D eigenvalue weighted by molar-refractivity contribution is 5.91. The molecule has 0 unspecified atom stereocenters. The molecule has 9 nitrogen and oxygen atoms in total. The molecule has 2 heterocycles. The Kier molecular flexibility index (Phi) is 4.27. The van der Waals surface area contributed by atoms with Crippen LogP contribution in [-0.4, -0.2) is 64.5 Å². The molecule has 118 valence electrons. The highest BCUT2D eigenvalue weighted by Gasteiger charge is 2.48. The van der Waals surface area contributed by atoms with Crippen LogP contribution in [0.5, 0.6) is 0 Å². The van der Waals surface area contributed by atoms with Crippen molar-refractivity contribution in [3.05, 3.63) is 11.6 Å².